The Hall–Kier alpha value is -2.82. The summed E-state index contributed by atoms with van der Waals surface area (Å²) in [4.78, 5) is 27.3. The van der Waals surface area contributed by atoms with Gasteiger partial charge in [-0.25, -0.2) is 0 Å². The lowest BCUT2D eigenvalue weighted by Gasteiger charge is -2.33. The van der Waals surface area contributed by atoms with Gasteiger partial charge < -0.3 is 14.4 Å². The first-order valence-electron chi connectivity index (χ1n) is 9.47. The summed E-state index contributed by atoms with van der Waals surface area (Å²) >= 11 is 0. The Balaban J connectivity index is 1.53. The zero-order valence-corrected chi connectivity index (χ0v) is 15.4. The molecule has 0 unspecified atom stereocenters. The van der Waals surface area contributed by atoms with Gasteiger partial charge in [0.15, 0.2) is 6.61 Å². The number of benzene rings is 2. The summed E-state index contributed by atoms with van der Waals surface area (Å²) in [5.74, 6) is 0.168. The Morgan fingerprint density at radius 3 is 2.30 bits per heavy atom. The van der Waals surface area contributed by atoms with Crippen molar-refractivity contribution in [3.05, 3.63) is 59.7 Å². The highest BCUT2D eigenvalue weighted by Crippen LogP contribution is 2.44. The van der Waals surface area contributed by atoms with E-state index < -0.39 is 11.9 Å². The molecule has 5 heteroatoms. The van der Waals surface area contributed by atoms with E-state index in [0.717, 1.165) is 36.9 Å². The molecule has 0 aromatic heterocycles. The largest absolute Gasteiger partial charge is 0.457 e. The molecular weight excluding hydrogens is 342 g/mol. The monoisotopic (exact) mass is 365 g/mol. The predicted octanol–water partition coefficient (Wildman–Crippen LogP) is 3.87. The summed E-state index contributed by atoms with van der Waals surface area (Å²) in [5, 5.41) is 0. The second-order valence-corrected chi connectivity index (χ2v) is 7.15. The van der Waals surface area contributed by atoms with Crippen molar-refractivity contribution >= 4 is 11.9 Å². The molecule has 140 valence electrons. The summed E-state index contributed by atoms with van der Waals surface area (Å²) in [6, 6.07) is 15.1. The predicted molar refractivity (Wildman–Crippen MR) is 101 cm³/mol. The van der Waals surface area contributed by atoms with Gasteiger partial charge in [-0.05, 0) is 38.3 Å². The van der Waals surface area contributed by atoms with Crippen LogP contribution in [0.1, 0.15) is 43.2 Å². The lowest BCUT2D eigenvalue weighted by atomic mass is 9.88. The summed E-state index contributed by atoms with van der Waals surface area (Å²) in [6.45, 7) is 2.56. The van der Waals surface area contributed by atoms with Gasteiger partial charge >= 0.3 is 5.97 Å². The number of hydrogen-bond donors (Lipinski definition) is 0. The van der Waals surface area contributed by atoms with Crippen molar-refractivity contribution in [2.24, 2.45) is 0 Å². The Kier molecular flexibility index (Phi) is 4.84. The van der Waals surface area contributed by atoms with E-state index in [1.165, 1.54) is 0 Å². The lowest BCUT2D eigenvalue weighted by molar-refractivity contribution is -0.154. The number of hydrogen-bond acceptors (Lipinski definition) is 4. The molecule has 2 aliphatic heterocycles. The minimum absolute atomic E-state index is 0.121. The maximum Gasteiger partial charge on any atom is 0.318 e. The zero-order valence-electron chi connectivity index (χ0n) is 15.4. The van der Waals surface area contributed by atoms with Crippen molar-refractivity contribution in [2.75, 3.05) is 13.2 Å². The topological polar surface area (TPSA) is 55.8 Å². The van der Waals surface area contributed by atoms with Crippen LogP contribution < -0.4 is 4.74 Å². The molecule has 0 bridgehead atoms. The summed E-state index contributed by atoms with van der Waals surface area (Å²) in [5.41, 5.74) is 1.53. The highest BCUT2D eigenvalue weighted by Gasteiger charge is 2.34. The molecule has 1 fully saturated rings. The van der Waals surface area contributed by atoms with Gasteiger partial charge in [-0.1, -0.05) is 36.4 Å². The Morgan fingerprint density at radius 2 is 1.67 bits per heavy atom. The highest BCUT2D eigenvalue weighted by atomic mass is 16.5. The fourth-order valence-electron chi connectivity index (χ4n) is 3.93. The van der Waals surface area contributed by atoms with Crippen LogP contribution in [0.25, 0.3) is 0 Å². The molecule has 2 aromatic carbocycles. The van der Waals surface area contributed by atoms with E-state index in [1.807, 2.05) is 60.4 Å². The molecule has 2 aliphatic rings. The lowest BCUT2D eigenvalue weighted by Crippen LogP contribution is -2.44. The molecule has 0 saturated carbocycles. The Labute approximate surface area is 158 Å². The number of carbonyl (C=O) groups is 2. The minimum atomic E-state index is -0.585. The van der Waals surface area contributed by atoms with Crippen LogP contribution >= 0.6 is 0 Å². The van der Waals surface area contributed by atoms with Crippen LogP contribution in [0, 0.1) is 0 Å². The fourth-order valence-corrected chi connectivity index (χ4v) is 3.93. The zero-order chi connectivity index (χ0) is 18.8. The van der Waals surface area contributed by atoms with Gasteiger partial charge in [0.2, 0.25) is 0 Å². The minimum Gasteiger partial charge on any atom is -0.457 e. The third-order valence-corrected chi connectivity index (χ3v) is 5.38. The number of nitrogens with zero attached hydrogens (tertiary/aromatic N) is 1. The van der Waals surface area contributed by atoms with Gasteiger partial charge in [0, 0.05) is 23.7 Å². The van der Waals surface area contributed by atoms with Crippen LogP contribution in [-0.4, -0.2) is 36.0 Å². The number of fused-ring (bicyclic) bond motifs is 2. The molecule has 4 rings (SSSR count). The number of para-hydroxylation sites is 2. The van der Waals surface area contributed by atoms with Crippen LogP contribution in [0.2, 0.25) is 0 Å². The van der Waals surface area contributed by atoms with Crippen LogP contribution in [0.15, 0.2) is 48.5 Å². The van der Waals surface area contributed by atoms with Crippen LogP contribution in [-0.2, 0) is 14.3 Å². The summed E-state index contributed by atoms with van der Waals surface area (Å²) in [6.07, 6.45) is 3.14. The van der Waals surface area contributed by atoms with E-state index in [1.54, 1.807) is 0 Å². The van der Waals surface area contributed by atoms with E-state index in [0.29, 0.717) is 11.5 Å². The first kappa shape index (κ1) is 17.6. The van der Waals surface area contributed by atoms with Crippen molar-refractivity contribution in [1.29, 1.82) is 0 Å². The SMILES string of the molecule is C[C@@H]1CCCCN1C(=O)COC(=O)C1c2ccccc2Oc2ccccc21. The molecule has 2 heterocycles. The van der Waals surface area contributed by atoms with Gasteiger partial charge in [0.25, 0.3) is 5.91 Å². The van der Waals surface area contributed by atoms with Crippen molar-refractivity contribution < 1.29 is 19.1 Å². The second kappa shape index (κ2) is 7.43. The highest BCUT2D eigenvalue weighted by molar-refractivity contribution is 5.88. The number of rotatable bonds is 3. The maximum absolute atomic E-state index is 12.9. The van der Waals surface area contributed by atoms with Gasteiger partial charge in [0.1, 0.15) is 17.4 Å². The van der Waals surface area contributed by atoms with Gasteiger partial charge in [-0.15, -0.1) is 0 Å². The van der Waals surface area contributed by atoms with E-state index in [-0.39, 0.29) is 18.6 Å². The van der Waals surface area contributed by atoms with Crippen LogP contribution in [0.5, 0.6) is 11.5 Å². The Morgan fingerprint density at radius 1 is 1.04 bits per heavy atom. The average Bonchev–Trinajstić information content (AvgIpc) is 2.70. The van der Waals surface area contributed by atoms with Crippen LogP contribution in [0.4, 0.5) is 0 Å². The van der Waals surface area contributed by atoms with Gasteiger partial charge in [0.05, 0.1) is 0 Å². The molecule has 5 nitrogen and oxygen atoms in total. The molecular formula is C22H23NO4. The quantitative estimate of drug-likeness (QED) is 0.775. The van der Waals surface area contributed by atoms with Crippen molar-refractivity contribution in [2.45, 2.75) is 38.1 Å². The third kappa shape index (κ3) is 3.42. The number of carbonyl (C=O) groups excluding carboxylic acids is 2. The second-order valence-electron chi connectivity index (χ2n) is 7.15. The van der Waals surface area contributed by atoms with Crippen molar-refractivity contribution in [3.8, 4) is 11.5 Å². The molecule has 27 heavy (non-hydrogen) atoms. The van der Waals surface area contributed by atoms with Crippen LogP contribution in [0.3, 0.4) is 0 Å². The molecule has 0 radical (unpaired) electrons. The molecule has 2 aromatic rings. The molecule has 0 aliphatic carbocycles. The molecule has 0 N–H and O–H groups in total. The molecule has 1 amide bonds. The van der Waals surface area contributed by atoms with Gasteiger partial charge in [-0.2, -0.15) is 0 Å². The van der Waals surface area contributed by atoms with E-state index >= 15 is 0 Å². The standard InChI is InChI=1S/C22H23NO4/c1-15-8-6-7-13-23(15)20(24)14-26-22(25)21-16-9-2-4-11-18(16)27-19-12-5-3-10-17(19)21/h2-5,9-12,15,21H,6-8,13-14H2,1H3/t15-/m1/s1. The Bertz CT molecular complexity index is 817. The number of likely N-dealkylation sites (tertiary alicyclic amines) is 1. The summed E-state index contributed by atoms with van der Waals surface area (Å²) in [7, 11) is 0. The normalized spacial score (nSPS) is 18.9. The van der Waals surface area contributed by atoms with E-state index in [2.05, 4.69) is 0 Å². The number of ether oxygens (including phenoxy) is 2. The smallest absolute Gasteiger partial charge is 0.318 e. The fraction of sp³-hybridized carbons (Fsp3) is 0.364. The molecule has 1 atom stereocenters. The first-order valence-corrected chi connectivity index (χ1v) is 9.47. The molecule has 1 saturated heterocycles. The van der Waals surface area contributed by atoms with Crippen molar-refractivity contribution in [3.63, 3.8) is 0 Å². The van der Waals surface area contributed by atoms with Crippen molar-refractivity contribution in [1.82, 2.24) is 4.90 Å². The maximum atomic E-state index is 12.9. The number of piperidine rings is 1. The number of esters is 1. The van der Waals surface area contributed by atoms with E-state index in [4.69, 9.17) is 9.47 Å². The molecule has 0 spiro atoms. The average molecular weight is 365 g/mol. The van der Waals surface area contributed by atoms with E-state index in [9.17, 15) is 9.59 Å². The third-order valence-electron chi connectivity index (χ3n) is 5.38. The first-order chi connectivity index (χ1) is 13.1. The number of amides is 1. The van der Waals surface area contributed by atoms with Gasteiger partial charge in [-0.3, -0.25) is 9.59 Å². The summed E-state index contributed by atoms with van der Waals surface area (Å²) < 4.78 is 11.4.